The van der Waals surface area contributed by atoms with Gasteiger partial charge in [0.2, 0.25) is 0 Å². The molecule has 0 spiro atoms. The van der Waals surface area contributed by atoms with E-state index in [0.717, 1.165) is 0 Å². The van der Waals surface area contributed by atoms with Gasteiger partial charge in [-0.25, -0.2) is 0 Å². The zero-order valence-electron chi connectivity index (χ0n) is 13.9. The molecule has 0 bridgehead atoms. The number of nitrogens with zero attached hydrogens (tertiary/aromatic N) is 1. The quantitative estimate of drug-likeness (QED) is 0.542. The van der Waals surface area contributed by atoms with Crippen molar-refractivity contribution in [2.24, 2.45) is 5.92 Å². The van der Waals surface area contributed by atoms with Gasteiger partial charge in [-0.2, -0.15) is 0 Å². The average molecular weight is 249 g/mol. The molecule has 0 rings (SSSR count). The van der Waals surface area contributed by atoms with Gasteiger partial charge in [0.25, 0.3) is 0 Å². The molecule has 0 fully saturated rings. The number of hydrogen-bond donors (Lipinski definition) is 1. The van der Waals surface area contributed by atoms with Crippen molar-refractivity contribution in [3.05, 3.63) is 0 Å². The molecule has 5 nitrogen and oxygen atoms in total. The van der Waals surface area contributed by atoms with Gasteiger partial charge in [0.15, 0.2) is 6.10 Å². The Morgan fingerprint density at radius 1 is 1.35 bits per heavy atom. The Kier molecular flexibility index (Phi) is 4.27. The molecule has 5 heteroatoms. The maximum Gasteiger partial charge on any atom is 0.307 e. The monoisotopic (exact) mass is 249 g/mol. The molecular formula is C12H24NO4+. The number of carboxylic acid groups (broad SMARTS) is 1. The maximum atomic E-state index is 11.6. The van der Waals surface area contributed by atoms with Gasteiger partial charge in [-0.3, -0.25) is 9.59 Å². The molecule has 0 amide bonds. The van der Waals surface area contributed by atoms with E-state index in [-0.39, 0.29) is 18.9 Å². The van der Waals surface area contributed by atoms with Crippen molar-refractivity contribution in [1.29, 1.82) is 0 Å². The molecule has 0 unspecified atom stereocenters. The van der Waals surface area contributed by atoms with E-state index in [2.05, 4.69) is 0 Å². The second-order valence-electron chi connectivity index (χ2n) is 5.18. The van der Waals surface area contributed by atoms with E-state index in [1.807, 2.05) is 13.8 Å². The zero-order chi connectivity index (χ0) is 16.1. The third-order valence-corrected chi connectivity index (χ3v) is 1.94. The molecule has 0 heterocycles. The Bertz CT molecular complexity index is 353. The first-order valence-electron chi connectivity index (χ1n) is 7.09. The fraction of sp³-hybridized carbons (Fsp3) is 0.833. The van der Waals surface area contributed by atoms with Crippen LogP contribution in [0.15, 0.2) is 0 Å². The lowest BCUT2D eigenvalue weighted by Gasteiger charge is -2.28. The van der Waals surface area contributed by atoms with E-state index in [9.17, 15) is 9.59 Å². The number of carboxylic acids is 1. The van der Waals surface area contributed by atoms with Crippen molar-refractivity contribution in [2.45, 2.75) is 32.8 Å². The highest BCUT2D eigenvalue weighted by atomic mass is 16.5. The van der Waals surface area contributed by atoms with E-state index < -0.39 is 35.9 Å². The molecule has 0 aliphatic rings. The smallest absolute Gasteiger partial charge is 0.307 e. The Balaban J connectivity index is 4.82. The van der Waals surface area contributed by atoms with Crippen LogP contribution in [0.2, 0.25) is 0 Å². The van der Waals surface area contributed by atoms with Crippen LogP contribution in [0.5, 0.6) is 0 Å². The van der Waals surface area contributed by atoms with Crippen LogP contribution in [0.1, 0.15) is 30.8 Å². The third-order valence-electron chi connectivity index (χ3n) is 1.94. The van der Waals surface area contributed by atoms with Crippen LogP contribution in [-0.2, 0) is 14.3 Å². The van der Waals surface area contributed by atoms with E-state index in [4.69, 9.17) is 14.0 Å². The summed E-state index contributed by atoms with van der Waals surface area (Å²) in [5.41, 5.74) is 0. The van der Waals surface area contributed by atoms with Crippen LogP contribution in [0.3, 0.4) is 0 Å². The minimum atomic E-state index is -2.30. The number of hydrogen-bond acceptors (Lipinski definition) is 3. The van der Waals surface area contributed by atoms with E-state index in [1.54, 1.807) is 0 Å². The van der Waals surface area contributed by atoms with Gasteiger partial charge in [0.1, 0.15) is 6.54 Å². The Hall–Kier alpha value is -1.10. The van der Waals surface area contributed by atoms with Gasteiger partial charge in [-0.05, 0) is 5.92 Å². The number of carbonyl (C=O) groups excluding carboxylic acids is 1. The summed E-state index contributed by atoms with van der Waals surface area (Å²) in [6.07, 6.45) is -1.17. The average Bonchev–Trinajstić information content (AvgIpc) is 2.10. The largest absolute Gasteiger partial charge is 0.481 e. The van der Waals surface area contributed by atoms with Gasteiger partial charge >= 0.3 is 11.9 Å². The van der Waals surface area contributed by atoms with Crippen molar-refractivity contribution in [3.63, 3.8) is 0 Å². The molecule has 17 heavy (non-hydrogen) atoms. The molecule has 0 aromatic rings. The summed E-state index contributed by atoms with van der Waals surface area (Å²) >= 11 is 0. The summed E-state index contributed by atoms with van der Waals surface area (Å²) < 4.78 is 27.0. The maximum absolute atomic E-state index is 11.6. The van der Waals surface area contributed by atoms with Crippen LogP contribution in [0, 0.1) is 5.92 Å². The molecule has 100 valence electrons. The van der Waals surface area contributed by atoms with Crippen LogP contribution in [-0.4, -0.2) is 55.2 Å². The van der Waals surface area contributed by atoms with Crippen molar-refractivity contribution < 1.29 is 28.0 Å². The molecule has 0 saturated carbocycles. The normalized spacial score (nSPS) is 16.9. The highest BCUT2D eigenvalue weighted by Gasteiger charge is 2.24. The molecule has 0 aromatic carbocycles. The standard InChI is InChI=1S/C12H23NO4/c1-9(2)6-12(16)17-10(7-11(14)15)8-13(3,4)5/h9-10H,6-8H2,1-5H3/p+1/t10-/m1/s1/i3D3. The minimum absolute atomic E-state index is 0.0768. The van der Waals surface area contributed by atoms with Gasteiger partial charge in [0.05, 0.1) is 31.6 Å². The van der Waals surface area contributed by atoms with Crippen LogP contribution in [0.4, 0.5) is 0 Å². The highest BCUT2D eigenvalue weighted by Crippen LogP contribution is 2.09. The number of esters is 1. The predicted octanol–water partition coefficient (Wildman–Crippen LogP) is 1.13. The van der Waals surface area contributed by atoms with Gasteiger partial charge in [-0.15, -0.1) is 0 Å². The summed E-state index contributed by atoms with van der Waals surface area (Å²) in [6, 6.07) is 0. The molecule has 0 aliphatic carbocycles. The first-order chi connectivity index (χ1) is 8.85. The zero-order valence-corrected chi connectivity index (χ0v) is 10.9. The highest BCUT2D eigenvalue weighted by molar-refractivity contribution is 5.71. The van der Waals surface area contributed by atoms with Gasteiger partial charge in [0, 0.05) is 6.42 Å². The fourth-order valence-corrected chi connectivity index (χ4v) is 1.41. The van der Waals surface area contributed by atoms with Crippen LogP contribution in [0.25, 0.3) is 0 Å². The lowest BCUT2D eigenvalue weighted by Crippen LogP contribution is -2.43. The number of carbonyl (C=O) groups is 2. The third kappa shape index (κ3) is 9.81. The Morgan fingerprint density at radius 2 is 1.94 bits per heavy atom. The summed E-state index contributed by atoms with van der Waals surface area (Å²) in [5, 5.41) is 8.84. The van der Waals surface area contributed by atoms with Crippen molar-refractivity contribution in [2.75, 3.05) is 27.6 Å². The van der Waals surface area contributed by atoms with E-state index >= 15 is 0 Å². The lowest BCUT2D eigenvalue weighted by molar-refractivity contribution is -0.873. The number of quaternary nitrogens is 1. The Labute approximate surface area is 107 Å². The number of rotatable bonds is 7. The Morgan fingerprint density at radius 3 is 2.35 bits per heavy atom. The molecule has 1 atom stereocenters. The van der Waals surface area contributed by atoms with Crippen LogP contribution >= 0.6 is 0 Å². The number of ether oxygens (including phenoxy) is 1. The van der Waals surface area contributed by atoms with Gasteiger partial charge in [-0.1, -0.05) is 13.8 Å². The summed E-state index contributed by atoms with van der Waals surface area (Å²) in [7, 11) is 2.91. The van der Waals surface area contributed by atoms with Crippen molar-refractivity contribution >= 4 is 11.9 Å². The molecule has 1 N–H and O–H groups in total. The van der Waals surface area contributed by atoms with E-state index in [0.29, 0.717) is 0 Å². The number of likely N-dealkylation sites (N-methyl/N-ethyl adjacent to an activating group) is 1. The summed E-state index contributed by atoms with van der Waals surface area (Å²) in [4.78, 5) is 22.4. The molecule has 0 aromatic heterocycles. The van der Waals surface area contributed by atoms with E-state index in [1.165, 1.54) is 14.1 Å². The predicted molar refractivity (Wildman–Crippen MR) is 64.5 cm³/mol. The SMILES string of the molecule is [2H]C([2H])([2H])[N+](C)(C)C[C@@H](CC(=O)O)OC(=O)CC(C)C. The van der Waals surface area contributed by atoms with Crippen molar-refractivity contribution in [3.8, 4) is 0 Å². The first-order valence-corrected chi connectivity index (χ1v) is 5.59. The lowest BCUT2D eigenvalue weighted by atomic mass is 10.1. The molecular weight excluding hydrogens is 222 g/mol. The minimum Gasteiger partial charge on any atom is -0.481 e. The topological polar surface area (TPSA) is 63.6 Å². The second-order valence-corrected chi connectivity index (χ2v) is 5.18. The number of aliphatic carboxylic acids is 1. The summed E-state index contributed by atoms with van der Waals surface area (Å²) in [5.74, 6) is -1.53. The molecule has 0 radical (unpaired) electrons. The molecule has 0 aliphatic heterocycles. The fourth-order valence-electron chi connectivity index (χ4n) is 1.41. The first kappa shape index (κ1) is 11.0. The van der Waals surface area contributed by atoms with Crippen molar-refractivity contribution in [1.82, 2.24) is 0 Å². The second kappa shape index (κ2) is 6.59. The van der Waals surface area contributed by atoms with Gasteiger partial charge < -0.3 is 14.3 Å². The van der Waals surface area contributed by atoms with Crippen LogP contribution < -0.4 is 0 Å². The summed E-state index contributed by atoms with van der Waals surface area (Å²) in [6.45, 7) is 1.31. The molecule has 0 saturated heterocycles.